The summed E-state index contributed by atoms with van der Waals surface area (Å²) in [6, 6.07) is 3.00. The molecular weight excluding hydrogens is 335 g/mol. The first-order chi connectivity index (χ1) is 9.85. The van der Waals surface area contributed by atoms with Crippen LogP contribution in [-0.4, -0.2) is 29.5 Å². The number of nitrogens with one attached hydrogen (secondary N) is 1. The molecule has 0 aliphatic rings. The van der Waals surface area contributed by atoms with E-state index in [2.05, 4.69) is 5.32 Å². The Morgan fingerprint density at radius 1 is 1.38 bits per heavy atom. The molecule has 3 N–H and O–H groups in total. The maximum absolute atomic E-state index is 12.0. The zero-order valence-corrected chi connectivity index (χ0v) is 13.9. The highest BCUT2D eigenvalue weighted by molar-refractivity contribution is 8.01. The van der Waals surface area contributed by atoms with Crippen molar-refractivity contribution in [3.05, 3.63) is 22.2 Å². The van der Waals surface area contributed by atoms with Gasteiger partial charge in [0, 0.05) is 5.69 Å². The number of nitrogen functional groups attached to an aromatic ring is 1. The number of ether oxygens (including phenoxy) is 1. The Labute approximate surface area is 137 Å². The lowest BCUT2D eigenvalue weighted by Crippen LogP contribution is -2.24. The third-order valence-corrected chi connectivity index (χ3v) is 4.15. The van der Waals surface area contributed by atoms with E-state index >= 15 is 0 Å². The average Bonchev–Trinajstić information content (AvgIpc) is 2.40. The number of carbonyl (C=O) groups is 2. The lowest BCUT2D eigenvalue weighted by Gasteiger charge is -2.14. The Bertz CT molecular complexity index is 517. The maximum Gasteiger partial charge on any atom is 0.315 e. The standard InChI is InChI=1S/C13H16Cl2N2O3S/c1-3-20-11(18)6-21-7(2)13(19)17-12-9(14)4-8(16)5-10(12)15/h4-5,7H,3,6,16H2,1-2H3,(H,17,19). The zero-order chi connectivity index (χ0) is 16.0. The maximum atomic E-state index is 12.0. The molecule has 0 saturated carbocycles. The van der Waals surface area contributed by atoms with Gasteiger partial charge in [0.25, 0.3) is 0 Å². The SMILES string of the molecule is CCOC(=O)CSC(C)C(=O)Nc1c(Cl)cc(N)cc1Cl. The van der Waals surface area contributed by atoms with Gasteiger partial charge in [0.15, 0.2) is 0 Å². The van der Waals surface area contributed by atoms with E-state index in [0.29, 0.717) is 18.0 Å². The minimum Gasteiger partial charge on any atom is -0.465 e. The van der Waals surface area contributed by atoms with Crippen molar-refractivity contribution in [2.75, 3.05) is 23.4 Å². The molecule has 8 heteroatoms. The molecule has 116 valence electrons. The van der Waals surface area contributed by atoms with Crippen LogP contribution in [0.25, 0.3) is 0 Å². The summed E-state index contributed by atoms with van der Waals surface area (Å²) in [7, 11) is 0. The first-order valence-corrected chi connectivity index (χ1v) is 7.98. The van der Waals surface area contributed by atoms with Crippen molar-refractivity contribution in [2.45, 2.75) is 19.1 Å². The molecule has 0 fully saturated rings. The molecular formula is C13H16Cl2N2O3S. The summed E-state index contributed by atoms with van der Waals surface area (Å²) < 4.78 is 4.79. The normalized spacial score (nSPS) is 11.8. The largest absolute Gasteiger partial charge is 0.465 e. The topological polar surface area (TPSA) is 81.4 Å². The van der Waals surface area contributed by atoms with Crippen LogP contribution in [-0.2, 0) is 14.3 Å². The van der Waals surface area contributed by atoms with Gasteiger partial charge >= 0.3 is 5.97 Å². The number of esters is 1. The second-order valence-electron chi connectivity index (χ2n) is 4.11. The van der Waals surface area contributed by atoms with Crippen LogP contribution in [0.4, 0.5) is 11.4 Å². The van der Waals surface area contributed by atoms with Crippen LogP contribution in [0.1, 0.15) is 13.8 Å². The predicted molar refractivity (Wildman–Crippen MR) is 88.1 cm³/mol. The summed E-state index contributed by atoms with van der Waals surface area (Å²) in [6.07, 6.45) is 0. The van der Waals surface area contributed by atoms with E-state index in [9.17, 15) is 9.59 Å². The first-order valence-electron chi connectivity index (χ1n) is 6.17. The van der Waals surface area contributed by atoms with Crippen LogP contribution in [0.3, 0.4) is 0 Å². The number of hydrogen-bond donors (Lipinski definition) is 2. The number of anilines is 2. The van der Waals surface area contributed by atoms with Gasteiger partial charge in [0.1, 0.15) is 0 Å². The van der Waals surface area contributed by atoms with Crippen LogP contribution in [0.15, 0.2) is 12.1 Å². The van der Waals surface area contributed by atoms with Crippen molar-refractivity contribution < 1.29 is 14.3 Å². The second-order valence-corrected chi connectivity index (χ2v) is 6.25. The quantitative estimate of drug-likeness (QED) is 0.608. The highest BCUT2D eigenvalue weighted by atomic mass is 35.5. The first kappa shape index (κ1) is 17.9. The van der Waals surface area contributed by atoms with Crippen molar-refractivity contribution in [1.82, 2.24) is 0 Å². The fourth-order valence-electron chi connectivity index (χ4n) is 1.41. The Morgan fingerprint density at radius 3 is 2.48 bits per heavy atom. The molecule has 1 unspecified atom stereocenters. The van der Waals surface area contributed by atoms with Crippen LogP contribution in [0.5, 0.6) is 0 Å². The number of halogens is 2. The van der Waals surface area contributed by atoms with Crippen LogP contribution < -0.4 is 11.1 Å². The van der Waals surface area contributed by atoms with Gasteiger partial charge in [-0.25, -0.2) is 0 Å². The number of amides is 1. The molecule has 0 aliphatic heterocycles. The number of rotatable bonds is 6. The third-order valence-electron chi connectivity index (χ3n) is 2.44. The van der Waals surface area contributed by atoms with Crippen molar-refractivity contribution >= 4 is 58.2 Å². The minimum absolute atomic E-state index is 0.103. The molecule has 0 aliphatic carbocycles. The van der Waals surface area contributed by atoms with E-state index in [0.717, 1.165) is 0 Å². The van der Waals surface area contributed by atoms with Crippen LogP contribution in [0.2, 0.25) is 10.0 Å². The molecule has 1 aromatic carbocycles. The molecule has 0 spiro atoms. The Balaban J connectivity index is 2.63. The van der Waals surface area contributed by atoms with Crippen molar-refractivity contribution in [1.29, 1.82) is 0 Å². The second kappa shape index (κ2) is 8.36. The average molecular weight is 351 g/mol. The lowest BCUT2D eigenvalue weighted by atomic mass is 10.2. The van der Waals surface area contributed by atoms with E-state index in [-0.39, 0.29) is 27.7 Å². The molecule has 1 rings (SSSR count). The van der Waals surface area contributed by atoms with Gasteiger partial charge in [-0.1, -0.05) is 23.2 Å². The van der Waals surface area contributed by atoms with E-state index in [1.165, 1.54) is 23.9 Å². The molecule has 5 nitrogen and oxygen atoms in total. The van der Waals surface area contributed by atoms with Crippen LogP contribution >= 0.6 is 35.0 Å². The molecule has 0 radical (unpaired) electrons. The van der Waals surface area contributed by atoms with E-state index in [1.54, 1.807) is 13.8 Å². The smallest absolute Gasteiger partial charge is 0.315 e. The fourth-order valence-corrected chi connectivity index (χ4v) is 2.69. The third kappa shape index (κ3) is 5.65. The van der Waals surface area contributed by atoms with Crippen molar-refractivity contribution in [2.24, 2.45) is 0 Å². The molecule has 0 saturated heterocycles. The number of hydrogen-bond acceptors (Lipinski definition) is 5. The van der Waals surface area contributed by atoms with E-state index < -0.39 is 5.25 Å². The molecule has 21 heavy (non-hydrogen) atoms. The summed E-state index contributed by atoms with van der Waals surface area (Å²) in [5.74, 6) is -0.561. The van der Waals surface area contributed by atoms with Gasteiger partial charge in [0.05, 0.1) is 33.3 Å². The zero-order valence-electron chi connectivity index (χ0n) is 11.6. The van der Waals surface area contributed by atoms with Gasteiger partial charge in [-0.3, -0.25) is 9.59 Å². The van der Waals surface area contributed by atoms with Crippen molar-refractivity contribution in [3.63, 3.8) is 0 Å². The minimum atomic E-state index is -0.459. The van der Waals surface area contributed by atoms with Gasteiger partial charge in [-0.15, -0.1) is 11.8 Å². The van der Waals surface area contributed by atoms with Gasteiger partial charge < -0.3 is 15.8 Å². The summed E-state index contributed by atoms with van der Waals surface area (Å²) in [5.41, 5.74) is 6.31. The number of nitrogens with two attached hydrogens (primary N) is 1. The van der Waals surface area contributed by atoms with Crippen molar-refractivity contribution in [3.8, 4) is 0 Å². The predicted octanol–water partition coefficient (Wildman–Crippen LogP) is 3.20. The Morgan fingerprint density at radius 2 is 1.95 bits per heavy atom. The highest BCUT2D eigenvalue weighted by Gasteiger charge is 2.18. The fraction of sp³-hybridized carbons (Fsp3) is 0.385. The molecule has 0 bridgehead atoms. The molecule has 1 amide bonds. The Hall–Kier alpha value is -1.11. The lowest BCUT2D eigenvalue weighted by molar-refractivity contribution is -0.139. The number of carbonyl (C=O) groups excluding carboxylic acids is 2. The molecule has 1 atom stereocenters. The van der Waals surface area contributed by atoms with Gasteiger partial charge in [-0.05, 0) is 26.0 Å². The Kier molecular flexibility index (Phi) is 7.14. The summed E-state index contributed by atoms with van der Waals surface area (Å²) in [6.45, 7) is 3.72. The highest BCUT2D eigenvalue weighted by Crippen LogP contribution is 2.33. The van der Waals surface area contributed by atoms with E-state index in [1.807, 2.05) is 0 Å². The van der Waals surface area contributed by atoms with Crippen LogP contribution in [0, 0.1) is 0 Å². The summed E-state index contributed by atoms with van der Waals surface area (Å²) in [4.78, 5) is 23.3. The summed E-state index contributed by atoms with van der Waals surface area (Å²) >= 11 is 13.2. The summed E-state index contributed by atoms with van der Waals surface area (Å²) in [5, 5.41) is 2.69. The monoisotopic (exact) mass is 350 g/mol. The van der Waals surface area contributed by atoms with Gasteiger partial charge in [0.2, 0.25) is 5.91 Å². The van der Waals surface area contributed by atoms with Gasteiger partial charge in [-0.2, -0.15) is 0 Å². The number of benzene rings is 1. The molecule has 0 aromatic heterocycles. The van der Waals surface area contributed by atoms with E-state index in [4.69, 9.17) is 33.7 Å². The molecule has 1 aromatic rings. The molecule has 0 heterocycles. The number of thioether (sulfide) groups is 1.